The molecule has 0 saturated heterocycles. The number of hydrogen-bond donors (Lipinski definition) is 2. The van der Waals surface area contributed by atoms with E-state index >= 15 is 0 Å². The van der Waals surface area contributed by atoms with Crippen LogP contribution in [0.3, 0.4) is 0 Å². The van der Waals surface area contributed by atoms with Gasteiger partial charge in [0.25, 0.3) is 0 Å². The van der Waals surface area contributed by atoms with Gasteiger partial charge in [-0.15, -0.1) is 11.8 Å². The first-order valence-corrected chi connectivity index (χ1v) is 7.49. The molecule has 106 valence electrons. The van der Waals surface area contributed by atoms with Gasteiger partial charge in [-0.25, -0.2) is 0 Å². The molecular formula is C14H22N2O2S. The smallest absolute Gasteiger partial charge is 0.234 e. The van der Waals surface area contributed by atoms with E-state index in [2.05, 4.69) is 35.8 Å². The van der Waals surface area contributed by atoms with E-state index < -0.39 is 0 Å². The van der Waals surface area contributed by atoms with Crippen LogP contribution in [-0.2, 0) is 16.1 Å². The summed E-state index contributed by atoms with van der Waals surface area (Å²) in [5.74, 6) is 0.00345. The van der Waals surface area contributed by atoms with Gasteiger partial charge in [-0.3, -0.25) is 4.79 Å². The van der Waals surface area contributed by atoms with Gasteiger partial charge in [0.05, 0.1) is 13.2 Å². The predicted molar refractivity (Wildman–Crippen MR) is 79.6 cm³/mol. The molecule has 19 heavy (non-hydrogen) atoms. The summed E-state index contributed by atoms with van der Waals surface area (Å²) >= 11 is 1.70. The largest absolute Gasteiger partial charge is 0.383 e. The van der Waals surface area contributed by atoms with Crippen molar-refractivity contribution in [3.05, 3.63) is 29.3 Å². The van der Waals surface area contributed by atoms with Crippen LogP contribution in [0.5, 0.6) is 0 Å². The van der Waals surface area contributed by atoms with Crippen molar-refractivity contribution < 1.29 is 9.53 Å². The number of carbonyl (C=O) groups excluding carboxylic acids is 1. The highest BCUT2D eigenvalue weighted by atomic mass is 32.2. The van der Waals surface area contributed by atoms with E-state index in [0.717, 1.165) is 5.56 Å². The molecule has 0 spiro atoms. The summed E-state index contributed by atoms with van der Waals surface area (Å²) in [4.78, 5) is 12.8. The number of thioether (sulfide) groups is 1. The summed E-state index contributed by atoms with van der Waals surface area (Å²) in [6.45, 7) is 4.26. The average Bonchev–Trinajstić information content (AvgIpc) is 2.42. The molecule has 0 atom stereocenters. The number of carbonyl (C=O) groups is 1. The molecule has 0 aliphatic heterocycles. The van der Waals surface area contributed by atoms with Crippen molar-refractivity contribution in [3.8, 4) is 0 Å². The van der Waals surface area contributed by atoms with Crippen molar-refractivity contribution in [2.75, 3.05) is 33.1 Å². The minimum absolute atomic E-state index is 0.00345. The minimum atomic E-state index is 0.00345. The zero-order valence-corrected chi connectivity index (χ0v) is 12.6. The number of hydrogen-bond acceptors (Lipinski definition) is 4. The van der Waals surface area contributed by atoms with Gasteiger partial charge in [0.1, 0.15) is 0 Å². The van der Waals surface area contributed by atoms with Gasteiger partial charge < -0.3 is 15.4 Å². The fourth-order valence-corrected chi connectivity index (χ4v) is 2.34. The van der Waals surface area contributed by atoms with E-state index in [1.165, 1.54) is 10.5 Å². The topological polar surface area (TPSA) is 50.4 Å². The molecule has 0 saturated carbocycles. The van der Waals surface area contributed by atoms with Gasteiger partial charge in [-0.05, 0) is 30.4 Å². The van der Waals surface area contributed by atoms with Crippen LogP contribution in [0.25, 0.3) is 0 Å². The van der Waals surface area contributed by atoms with Crippen molar-refractivity contribution in [2.45, 2.75) is 18.4 Å². The Balaban J connectivity index is 2.37. The molecule has 1 rings (SSSR count). The quantitative estimate of drug-likeness (QED) is 0.561. The Bertz CT molecular complexity index is 410. The summed E-state index contributed by atoms with van der Waals surface area (Å²) in [5.41, 5.74) is 2.39. The van der Waals surface area contributed by atoms with Gasteiger partial charge in [0.2, 0.25) is 5.91 Å². The van der Waals surface area contributed by atoms with E-state index in [1.807, 2.05) is 6.26 Å². The molecule has 4 nitrogen and oxygen atoms in total. The van der Waals surface area contributed by atoms with Crippen LogP contribution in [-0.4, -0.2) is 39.0 Å². The Morgan fingerprint density at radius 3 is 2.89 bits per heavy atom. The number of aryl methyl sites for hydroxylation is 1. The normalized spacial score (nSPS) is 10.5. The maximum absolute atomic E-state index is 11.6. The number of rotatable bonds is 8. The average molecular weight is 282 g/mol. The van der Waals surface area contributed by atoms with Gasteiger partial charge in [-0.2, -0.15) is 0 Å². The summed E-state index contributed by atoms with van der Waals surface area (Å²) in [7, 11) is 1.64. The third-order valence-electron chi connectivity index (χ3n) is 2.69. The summed E-state index contributed by atoms with van der Waals surface area (Å²) in [5, 5.41) is 5.93. The van der Waals surface area contributed by atoms with Crippen LogP contribution in [0.1, 0.15) is 11.1 Å². The van der Waals surface area contributed by atoms with Gasteiger partial charge in [0, 0.05) is 25.1 Å². The van der Waals surface area contributed by atoms with Crippen LogP contribution in [0.15, 0.2) is 23.1 Å². The lowest BCUT2D eigenvalue weighted by Crippen LogP contribution is -2.34. The van der Waals surface area contributed by atoms with E-state index in [1.54, 1.807) is 18.9 Å². The van der Waals surface area contributed by atoms with E-state index in [-0.39, 0.29) is 5.91 Å². The van der Waals surface area contributed by atoms with Gasteiger partial charge in [-0.1, -0.05) is 12.1 Å². The zero-order valence-electron chi connectivity index (χ0n) is 11.8. The Labute approximate surface area is 119 Å². The Morgan fingerprint density at radius 1 is 1.42 bits per heavy atom. The molecule has 0 bridgehead atoms. The summed E-state index contributed by atoms with van der Waals surface area (Å²) < 4.78 is 4.90. The molecular weight excluding hydrogens is 260 g/mol. The summed E-state index contributed by atoms with van der Waals surface area (Å²) in [6, 6.07) is 6.28. The highest BCUT2D eigenvalue weighted by Gasteiger charge is 2.04. The van der Waals surface area contributed by atoms with E-state index in [0.29, 0.717) is 26.2 Å². The van der Waals surface area contributed by atoms with Crippen molar-refractivity contribution in [1.29, 1.82) is 0 Å². The first kappa shape index (κ1) is 16.0. The molecule has 1 amide bonds. The molecule has 5 heteroatoms. The Morgan fingerprint density at radius 2 is 2.21 bits per heavy atom. The second kappa shape index (κ2) is 8.96. The standard InChI is InChI=1S/C14H22N2O2S/c1-11-4-5-12(13(8-11)19-3)9-16-14(17)10-15-6-7-18-2/h4-5,8,15H,6-7,9-10H2,1-3H3,(H,16,17). The number of benzene rings is 1. The first-order chi connectivity index (χ1) is 9.17. The highest BCUT2D eigenvalue weighted by molar-refractivity contribution is 7.98. The molecule has 0 radical (unpaired) electrons. The first-order valence-electron chi connectivity index (χ1n) is 6.27. The minimum Gasteiger partial charge on any atom is -0.383 e. The van der Waals surface area contributed by atoms with Crippen molar-refractivity contribution >= 4 is 17.7 Å². The second-order valence-corrected chi connectivity index (χ2v) is 5.11. The molecule has 0 aromatic heterocycles. The number of amides is 1. The Kier molecular flexibility index (Phi) is 7.55. The lowest BCUT2D eigenvalue weighted by atomic mass is 10.1. The molecule has 0 fully saturated rings. The van der Waals surface area contributed by atoms with E-state index in [9.17, 15) is 4.79 Å². The van der Waals surface area contributed by atoms with Crippen LogP contribution in [0.2, 0.25) is 0 Å². The van der Waals surface area contributed by atoms with Crippen LogP contribution in [0, 0.1) is 6.92 Å². The molecule has 0 aliphatic carbocycles. The van der Waals surface area contributed by atoms with E-state index in [4.69, 9.17) is 4.74 Å². The SMILES string of the molecule is COCCNCC(=O)NCc1ccc(C)cc1SC. The third kappa shape index (κ3) is 6.09. The molecule has 1 aromatic carbocycles. The van der Waals surface area contributed by atoms with Crippen molar-refractivity contribution in [2.24, 2.45) is 0 Å². The van der Waals surface area contributed by atoms with Gasteiger partial charge >= 0.3 is 0 Å². The predicted octanol–water partition coefficient (Wildman–Crippen LogP) is 1.57. The fraction of sp³-hybridized carbons (Fsp3) is 0.500. The lowest BCUT2D eigenvalue weighted by molar-refractivity contribution is -0.120. The number of nitrogens with one attached hydrogen (secondary N) is 2. The Hall–Kier alpha value is -1.04. The zero-order chi connectivity index (χ0) is 14.1. The highest BCUT2D eigenvalue weighted by Crippen LogP contribution is 2.21. The van der Waals surface area contributed by atoms with Crippen molar-refractivity contribution in [3.63, 3.8) is 0 Å². The maximum Gasteiger partial charge on any atom is 0.234 e. The molecule has 2 N–H and O–H groups in total. The second-order valence-electron chi connectivity index (χ2n) is 4.26. The van der Waals surface area contributed by atoms with Crippen LogP contribution >= 0.6 is 11.8 Å². The molecule has 0 aliphatic rings. The number of ether oxygens (including phenoxy) is 1. The molecule has 0 unspecified atom stereocenters. The van der Waals surface area contributed by atoms with Crippen LogP contribution < -0.4 is 10.6 Å². The summed E-state index contributed by atoms with van der Waals surface area (Å²) in [6.07, 6.45) is 2.05. The number of methoxy groups -OCH3 is 1. The molecule has 1 aromatic rings. The van der Waals surface area contributed by atoms with Crippen molar-refractivity contribution in [1.82, 2.24) is 10.6 Å². The third-order valence-corrected chi connectivity index (χ3v) is 3.51. The van der Waals surface area contributed by atoms with Crippen LogP contribution in [0.4, 0.5) is 0 Å². The monoisotopic (exact) mass is 282 g/mol. The molecule has 0 heterocycles. The lowest BCUT2D eigenvalue weighted by Gasteiger charge is -2.10. The fourth-order valence-electron chi connectivity index (χ4n) is 1.63. The maximum atomic E-state index is 11.6. The van der Waals surface area contributed by atoms with Gasteiger partial charge in [0.15, 0.2) is 0 Å².